The summed E-state index contributed by atoms with van der Waals surface area (Å²) in [4.78, 5) is 2.56. The molecule has 1 aromatic carbocycles. The lowest BCUT2D eigenvalue weighted by Gasteiger charge is -2.26. The van der Waals surface area contributed by atoms with Crippen molar-refractivity contribution in [2.24, 2.45) is 0 Å². The van der Waals surface area contributed by atoms with Crippen molar-refractivity contribution in [1.29, 1.82) is 0 Å². The van der Waals surface area contributed by atoms with Crippen LogP contribution in [0.4, 0.5) is 5.69 Å². The van der Waals surface area contributed by atoms with E-state index in [0.717, 1.165) is 30.8 Å². The van der Waals surface area contributed by atoms with Gasteiger partial charge in [-0.25, -0.2) is 8.42 Å². The fourth-order valence-corrected chi connectivity index (χ4v) is 5.67. The average Bonchev–Trinajstić information content (AvgIpc) is 3.18. The number of sulfonamides is 1. The average molecular weight is 376 g/mol. The highest BCUT2D eigenvalue weighted by Gasteiger charge is 2.35. The van der Waals surface area contributed by atoms with E-state index in [-0.39, 0.29) is 0 Å². The first-order chi connectivity index (χ1) is 12.5. The van der Waals surface area contributed by atoms with Crippen molar-refractivity contribution in [2.45, 2.75) is 31.8 Å². The summed E-state index contributed by atoms with van der Waals surface area (Å²) >= 11 is 0. The third kappa shape index (κ3) is 2.91. The minimum absolute atomic E-state index is 0.336. The first-order valence-corrected chi connectivity index (χ1v) is 10.4. The van der Waals surface area contributed by atoms with Crippen molar-refractivity contribution in [3.63, 3.8) is 0 Å². The molecule has 26 heavy (non-hydrogen) atoms. The first kappa shape index (κ1) is 17.5. The minimum atomic E-state index is -3.63. The molecule has 7 nitrogen and oxygen atoms in total. The Morgan fingerprint density at radius 2 is 1.85 bits per heavy atom. The lowest BCUT2D eigenvalue weighted by Crippen LogP contribution is -2.38. The number of aryl methyl sites for hydroxylation is 1. The van der Waals surface area contributed by atoms with Gasteiger partial charge in [0.15, 0.2) is 0 Å². The molecule has 0 aliphatic carbocycles. The molecule has 0 saturated carbocycles. The summed E-state index contributed by atoms with van der Waals surface area (Å²) in [6.45, 7) is 7.76. The van der Waals surface area contributed by atoms with Crippen LogP contribution in [0.5, 0.6) is 0 Å². The van der Waals surface area contributed by atoms with Crippen LogP contribution in [0.25, 0.3) is 0 Å². The van der Waals surface area contributed by atoms with Crippen molar-refractivity contribution in [3.05, 3.63) is 41.2 Å². The molecule has 0 amide bonds. The molecule has 1 fully saturated rings. The first-order valence-electron chi connectivity index (χ1n) is 8.93. The predicted molar refractivity (Wildman–Crippen MR) is 98.8 cm³/mol. The van der Waals surface area contributed by atoms with E-state index in [4.69, 9.17) is 4.74 Å². The van der Waals surface area contributed by atoms with Crippen LogP contribution in [0.15, 0.2) is 29.2 Å². The Balaban J connectivity index is 1.67. The van der Waals surface area contributed by atoms with Crippen LogP contribution in [-0.2, 0) is 27.8 Å². The van der Waals surface area contributed by atoms with Gasteiger partial charge in [0.25, 0.3) is 10.0 Å². The number of rotatable bonds is 4. The minimum Gasteiger partial charge on any atom is -0.379 e. The standard InChI is InChI=1S/C18H24N4O3S/c1-14-18(15(2)21(19-14)13-20-9-11-25-12-10-20)26(23,24)22-8-7-16-5-3-4-6-17(16)22/h3-6H,7-13H2,1-2H3. The van der Waals surface area contributed by atoms with Crippen molar-refractivity contribution in [2.75, 3.05) is 37.2 Å². The van der Waals surface area contributed by atoms with Gasteiger partial charge >= 0.3 is 0 Å². The maximum Gasteiger partial charge on any atom is 0.268 e. The molecule has 2 aliphatic heterocycles. The van der Waals surface area contributed by atoms with Gasteiger partial charge in [-0.15, -0.1) is 0 Å². The van der Waals surface area contributed by atoms with E-state index in [1.165, 1.54) is 4.31 Å². The highest BCUT2D eigenvalue weighted by atomic mass is 32.2. The van der Waals surface area contributed by atoms with E-state index in [1.807, 2.05) is 31.2 Å². The Morgan fingerprint density at radius 3 is 2.62 bits per heavy atom. The van der Waals surface area contributed by atoms with Gasteiger partial charge in [0.1, 0.15) is 4.90 Å². The molecule has 1 aromatic heterocycles. The van der Waals surface area contributed by atoms with Gasteiger partial charge in [-0.05, 0) is 31.9 Å². The zero-order valence-corrected chi connectivity index (χ0v) is 16.0. The fourth-order valence-electron chi connectivity index (χ4n) is 3.79. The molecular weight excluding hydrogens is 352 g/mol. The molecule has 4 rings (SSSR count). The lowest BCUT2D eigenvalue weighted by molar-refractivity contribution is 0.0209. The second-order valence-electron chi connectivity index (χ2n) is 6.83. The van der Waals surface area contributed by atoms with E-state index in [0.29, 0.717) is 42.7 Å². The highest BCUT2D eigenvalue weighted by molar-refractivity contribution is 7.93. The summed E-state index contributed by atoms with van der Waals surface area (Å²) in [5.41, 5.74) is 3.11. The number of morpholine rings is 1. The second kappa shape index (κ2) is 6.68. The molecule has 0 spiro atoms. The predicted octanol–water partition coefficient (Wildman–Crippen LogP) is 1.54. The van der Waals surface area contributed by atoms with Gasteiger partial charge in [-0.3, -0.25) is 13.9 Å². The number of fused-ring (bicyclic) bond motifs is 1. The molecule has 0 radical (unpaired) electrons. The molecule has 0 unspecified atom stereocenters. The van der Waals surface area contributed by atoms with Gasteiger partial charge < -0.3 is 4.74 Å². The summed E-state index contributed by atoms with van der Waals surface area (Å²) in [6, 6.07) is 7.70. The largest absolute Gasteiger partial charge is 0.379 e. The molecular formula is C18H24N4O3S. The molecule has 0 bridgehead atoms. The topological polar surface area (TPSA) is 67.7 Å². The van der Waals surface area contributed by atoms with Gasteiger partial charge in [0.05, 0.1) is 37.0 Å². The molecule has 0 N–H and O–H groups in total. The summed E-state index contributed by atoms with van der Waals surface area (Å²) in [6.07, 6.45) is 0.745. The molecule has 0 atom stereocenters. The Morgan fingerprint density at radius 1 is 1.12 bits per heavy atom. The Hall–Kier alpha value is -1.90. The summed E-state index contributed by atoms with van der Waals surface area (Å²) in [5, 5.41) is 4.53. The number of para-hydroxylation sites is 1. The van der Waals surface area contributed by atoms with Crippen LogP contribution >= 0.6 is 0 Å². The number of hydrogen-bond donors (Lipinski definition) is 0. The maximum atomic E-state index is 13.4. The Bertz CT molecular complexity index is 917. The molecule has 2 aromatic rings. The molecule has 2 aliphatic rings. The number of anilines is 1. The maximum absolute atomic E-state index is 13.4. The number of benzene rings is 1. The quantitative estimate of drug-likeness (QED) is 0.810. The van der Waals surface area contributed by atoms with Gasteiger partial charge in [0.2, 0.25) is 0 Å². The van der Waals surface area contributed by atoms with E-state index >= 15 is 0 Å². The normalized spacial score (nSPS) is 18.3. The van der Waals surface area contributed by atoms with Crippen LogP contribution in [0.2, 0.25) is 0 Å². The second-order valence-corrected chi connectivity index (χ2v) is 8.63. The highest BCUT2D eigenvalue weighted by Crippen LogP contribution is 2.34. The van der Waals surface area contributed by atoms with Crippen molar-refractivity contribution in [3.8, 4) is 0 Å². The van der Waals surface area contributed by atoms with Crippen molar-refractivity contribution < 1.29 is 13.2 Å². The number of aromatic nitrogens is 2. The zero-order chi connectivity index (χ0) is 18.3. The zero-order valence-electron chi connectivity index (χ0n) is 15.2. The van der Waals surface area contributed by atoms with E-state index < -0.39 is 10.0 Å². The van der Waals surface area contributed by atoms with Crippen molar-refractivity contribution >= 4 is 15.7 Å². The number of ether oxygens (including phenoxy) is 1. The van der Waals surface area contributed by atoms with E-state index in [2.05, 4.69) is 10.00 Å². The molecule has 1 saturated heterocycles. The fraction of sp³-hybridized carbons (Fsp3) is 0.500. The monoisotopic (exact) mass is 376 g/mol. The van der Waals surface area contributed by atoms with Crippen LogP contribution < -0.4 is 4.31 Å². The lowest BCUT2D eigenvalue weighted by atomic mass is 10.2. The smallest absolute Gasteiger partial charge is 0.268 e. The Labute approximate surface area is 154 Å². The SMILES string of the molecule is Cc1nn(CN2CCOCC2)c(C)c1S(=O)(=O)N1CCc2ccccc21. The third-order valence-electron chi connectivity index (χ3n) is 5.15. The molecule has 3 heterocycles. The van der Waals surface area contributed by atoms with Crippen LogP contribution in [0.1, 0.15) is 17.0 Å². The number of nitrogens with zero attached hydrogens (tertiary/aromatic N) is 4. The van der Waals surface area contributed by atoms with Crippen LogP contribution in [0.3, 0.4) is 0 Å². The van der Waals surface area contributed by atoms with Gasteiger partial charge in [0, 0.05) is 19.6 Å². The van der Waals surface area contributed by atoms with Crippen LogP contribution in [-0.4, -0.2) is 55.9 Å². The molecule has 140 valence electrons. The summed E-state index contributed by atoms with van der Waals surface area (Å²) in [5.74, 6) is 0. The summed E-state index contributed by atoms with van der Waals surface area (Å²) in [7, 11) is -3.63. The third-order valence-corrected chi connectivity index (χ3v) is 7.21. The Kier molecular flexibility index (Phi) is 4.50. The van der Waals surface area contributed by atoms with Crippen LogP contribution in [0, 0.1) is 13.8 Å². The van der Waals surface area contributed by atoms with Crippen molar-refractivity contribution in [1.82, 2.24) is 14.7 Å². The van der Waals surface area contributed by atoms with Gasteiger partial charge in [-0.1, -0.05) is 18.2 Å². The van der Waals surface area contributed by atoms with E-state index in [9.17, 15) is 8.42 Å². The summed E-state index contributed by atoms with van der Waals surface area (Å²) < 4.78 is 35.5. The van der Waals surface area contributed by atoms with E-state index in [1.54, 1.807) is 11.6 Å². The van der Waals surface area contributed by atoms with Gasteiger partial charge in [-0.2, -0.15) is 5.10 Å². The molecule has 8 heteroatoms. The number of hydrogen-bond acceptors (Lipinski definition) is 5.